The van der Waals surface area contributed by atoms with E-state index in [0.717, 1.165) is 56.1 Å². The number of fused-ring (bicyclic) bond motifs is 1. The number of hydrogen-bond acceptors (Lipinski definition) is 4. The lowest BCUT2D eigenvalue weighted by Gasteiger charge is -2.27. The zero-order chi connectivity index (χ0) is 12.4. The average Bonchev–Trinajstić information content (AvgIpc) is 2.77. The molecule has 2 aromatic rings. The summed E-state index contributed by atoms with van der Waals surface area (Å²) in [6, 6.07) is 6.34. The summed E-state index contributed by atoms with van der Waals surface area (Å²) in [6.45, 7) is 7.55. The van der Waals surface area contributed by atoms with Crippen LogP contribution in [0.4, 0.5) is 0 Å². The van der Waals surface area contributed by atoms with Gasteiger partial charge in [0.05, 0.1) is 0 Å². The van der Waals surface area contributed by atoms with Gasteiger partial charge in [0, 0.05) is 39.6 Å². The van der Waals surface area contributed by atoms with Crippen LogP contribution in [0.3, 0.4) is 0 Å². The number of nitrogens with one attached hydrogen (secondary N) is 1. The summed E-state index contributed by atoms with van der Waals surface area (Å²) >= 11 is 0. The van der Waals surface area contributed by atoms with Crippen LogP contribution in [0.1, 0.15) is 11.5 Å². The third-order valence-corrected chi connectivity index (χ3v) is 3.49. The number of rotatable bonds is 3. The third-order valence-electron chi connectivity index (χ3n) is 3.49. The van der Waals surface area contributed by atoms with Gasteiger partial charge in [-0.3, -0.25) is 0 Å². The molecule has 0 unspecified atom stereocenters. The lowest BCUT2D eigenvalue weighted by molar-refractivity contribution is 0.244. The van der Waals surface area contributed by atoms with Gasteiger partial charge in [0.15, 0.2) is 11.5 Å². The highest BCUT2D eigenvalue weighted by molar-refractivity contribution is 5.73. The predicted octanol–water partition coefficient (Wildman–Crippen LogP) is 1.58. The highest BCUT2D eigenvalue weighted by Gasteiger charge is 2.09. The molecule has 4 nitrogen and oxygen atoms in total. The highest BCUT2D eigenvalue weighted by atomic mass is 16.3. The maximum atomic E-state index is 5.57. The number of nitrogens with zero attached hydrogens (tertiary/aromatic N) is 2. The van der Waals surface area contributed by atoms with Gasteiger partial charge >= 0.3 is 0 Å². The fourth-order valence-corrected chi connectivity index (χ4v) is 2.46. The van der Waals surface area contributed by atoms with Crippen LogP contribution in [0.2, 0.25) is 0 Å². The summed E-state index contributed by atoms with van der Waals surface area (Å²) in [6.07, 6.45) is 1.08. The molecule has 1 aliphatic rings. The van der Waals surface area contributed by atoms with Crippen LogP contribution in [0.15, 0.2) is 22.6 Å². The van der Waals surface area contributed by atoms with Gasteiger partial charge in [-0.15, -0.1) is 0 Å². The molecule has 0 saturated carbocycles. The molecule has 18 heavy (non-hydrogen) atoms. The zero-order valence-electron chi connectivity index (χ0n) is 10.8. The van der Waals surface area contributed by atoms with Gasteiger partial charge in [-0.25, -0.2) is 4.98 Å². The lowest BCUT2D eigenvalue weighted by Crippen LogP contribution is -2.44. The van der Waals surface area contributed by atoms with Crippen molar-refractivity contribution in [2.75, 3.05) is 32.7 Å². The van der Waals surface area contributed by atoms with E-state index in [0.29, 0.717) is 0 Å². The first-order chi connectivity index (χ1) is 8.81. The van der Waals surface area contributed by atoms with E-state index < -0.39 is 0 Å². The largest absolute Gasteiger partial charge is 0.441 e. The Morgan fingerprint density at radius 1 is 1.33 bits per heavy atom. The van der Waals surface area contributed by atoms with Gasteiger partial charge in [0.1, 0.15) is 5.52 Å². The van der Waals surface area contributed by atoms with Gasteiger partial charge in [0.25, 0.3) is 0 Å². The summed E-state index contributed by atoms with van der Waals surface area (Å²) in [7, 11) is 0. The molecule has 1 fully saturated rings. The molecule has 0 spiro atoms. The van der Waals surface area contributed by atoms with Gasteiger partial charge in [-0.2, -0.15) is 0 Å². The molecule has 4 heteroatoms. The van der Waals surface area contributed by atoms with Gasteiger partial charge in [-0.05, 0) is 24.1 Å². The molecule has 0 amide bonds. The van der Waals surface area contributed by atoms with Crippen molar-refractivity contribution in [2.24, 2.45) is 0 Å². The van der Waals surface area contributed by atoms with E-state index in [4.69, 9.17) is 4.42 Å². The molecule has 1 aliphatic heterocycles. The minimum absolute atomic E-state index is 0.740. The van der Waals surface area contributed by atoms with Crippen LogP contribution in [-0.2, 0) is 6.42 Å². The van der Waals surface area contributed by atoms with E-state index in [1.54, 1.807) is 0 Å². The molecule has 96 valence electrons. The Morgan fingerprint density at radius 3 is 3.00 bits per heavy atom. The van der Waals surface area contributed by atoms with Crippen molar-refractivity contribution in [3.63, 3.8) is 0 Å². The van der Waals surface area contributed by atoms with E-state index in [9.17, 15) is 0 Å². The Balaban J connectivity index is 1.66. The maximum Gasteiger partial charge on any atom is 0.192 e. The Morgan fingerprint density at radius 2 is 2.17 bits per heavy atom. The van der Waals surface area contributed by atoms with Crippen molar-refractivity contribution >= 4 is 11.1 Å². The molecule has 0 aliphatic carbocycles. The summed E-state index contributed by atoms with van der Waals surface area (Å²) < 4.78 is 5.57. The van der Waals surface area contributed by atoms with Crippen molar-refractivity contribution in [1.82, 2.24) is 15.2 Å². The van der Waals surface area contributed by atoms with E-state index >= 15 is 0 Å². The van der Waals surface area contributed by atoms with Crippen molar-refractivity contribution in [1.29, 1.82) is 0 Å². The van der Waals surface area contributed by atoms with E-state index in [1.807, 2.05) is 6.92 Å². The number of benzene rings is 1. The van der Waals surface area contributed by atoms with Crippen molar-refractivity contribution < 1.29 is 4.42 Å². The number of aryl methyl sites for hydroxylation is 1. The van der Waals surface area contributed by atoms with Gasteiger partial charge in [-0.1, -0.05) is 6.07 Å². The van der Waals surface area contributed by atoms with Gasteiger partial charge in [0.2, 0.25) is 0 Å². The second-order valence-corrected chi connectivity index (χ2v) is 4.88. The molecule has 0 atom stereocenters. The molecule has 1 saturated heterocycles. The number of oxazole rings is 1. The molecule has 1 aromatic heterocycles. The van der Waals surface area contributed by atoms with Crippen LogP contribution < -0.4 is 5.32 Å². The van der Waals surface area contributed by atoms with Crippen molar-refractivity contribution in [2.45, 2.75) is 13.3 Å². The predicted molar refractivity (Wildman–Crippen MR) is 71.8 cm³/mol. The maximum absolute atomic E-state index is 5.57. The zero-order valence-corrected chi connectivity index (χ0v) is 10.8. The first kappa shape index (κ1) is 11.7. The summed E-state index contributed by atoms with van der Waals surface area (Å²) in [5, 5.41) is 3.37. The van der Waals surface area contributed by atoms with Crippen LogP contribution in [0, 0.1) is 6.92 Å². The van der Waals surface area contributed by atoms with E-state index in [1.165, 1.54) is 5.56 Å². The Labute approximate surface area is 107 Å². The van der Waals surface area contributed by atoms with Crippen molar-refractivity contribution in [3.8, 4) is 0 Å². The SMILES string of the molecule is Cc1nc2ccc(CCN3CCNCC3)cc2o1. The summed E-state index contributed by atoms with van der Waals surface area (Å²) in [5.41, 5.74) is 3.20. The standard InChI is InChI=1S/C14H19N3O/c1-11-16-13-3-2-12(10-14(13)18-11)4-7-17-8-5-15-6-9-17/h2-3,10,15H,4-9H2,1H3. The number of aromatic nitrogens is 1. The van der Waals surface area contributed by atoms with E-state index in [2.05, 4.69) is 33.4 Å². The fraction of sp³-hybridized carbons (Fsp3) is 0.500. The molecule has 1 aromatic carbocycles. The minimum Gasteiger partial charge on any atom is -0.441 e. The summed E-state index contributed by atoms with van der Waals surface area (Å²) in [4.78, 5) is 6.83. The quantitative estimate of drug-likeness (QED) is 0.891. The molecule has 1 N–H and O–H groups in total. The Hall–Kier alpha value is -1.39. The highest BCUT2D eigenvalue weighted by Crippen LogP contribution is 2.17. The number of piperazine rings is 1. The fourth-order valence-electron chi connectivity index (χ4n) is 2.46. The molecular formula is C14H19N3O. The smallest absolute Gasteiger partial charge is 0.192 e. The first-order valence-electron chi connectivity index (χ1n) is 6.60. The van der Waals surface area contributed by atoms with E-state index in [-0.39, 0.29) is 0 Å². The second-order valence-electron chi connectivity index (χ2n) is 4.88. The van der Waals surface area contributed by atoms with Gasteiger partial charge < -0.3 is 14.6 Å². The first-order valence-corrected chi connectivity index (χ1v) is 6.60. The molecule has 3 rings (SSSR count). The number of hydrogen-bond donors (Lipinski definition) is 1. The Bertz CT molecular complexity index is 529. The summed E-state index contributed by atoms with van der Waals surface area (Å²) in [5.74, 6) is 0.740. The topological polar surface area (TPSA) is 41.3 Å². The normalized spacial score (nSPS) is 17.4. The van der Waals surface area contributed by atoms with Crippen LogP contribution in [0.25, 0.3) is 11.1 Å². The molecule has 0 bridgehead atoms. The monoisotopic (exact) mass is 245 g/mol. The molecular weight excluding hydrogens is 226 g/mol. The third kappa shape index (κ3) is 2.54. The van der Waals surface area contributed by atoms with Crippen LogP contribution >= 0.6 is 0 Å². The van der Waals surface area contributed by atoms with Crippen molar-refractivity contribution in [3.05, 3.63) is 29.7 Å². The Kier molecular flexibility index (Phi) is 3.30. The lowest BCUT2D eigenvalue weighted by atomic mass is 10.1. The second kappa shape index (κ2) is 5.08. The average molecular weight is 245 g/mol. The van der Waals surface area contributed by atoms with Crippen LogP contribution in [0.5, 0.6) is 0 Å². The van der Waals surface area contributed by atoms with Crippen LogP contribution in [-0.4, -0.2) is 42.6 Å². The minimum atomic E-state index is 0.740. The molecule has 2 heterocycles. The molecule has 0 radical (unpaired) electrons.